The fourth-order valence-electron chi connectivity index (χ4n) is 3.01. The molecule has 0 saturated carbocycles. The van der Waals surface area contributed by atoms with Gasteiger partial charge in [-0.1, -0.05) is 47.5 Å². The van der Waals surface area contributed by atoms with Gasteiger partial charge in [0.15, 0.2) is 0 Å². The van der Waals surface area contributed by atoms with Crippen LogP contribution in [0.15, 0.2) is 42.5 Å². The third-order valence-corrected chi connectivity index (χ3v) is 3.94. The molecule has 1 aliphatic rings. The summed E-state index contributed by atoms with van der Waals surface area (Å²) in [6, 6.07) is 14.3. The largest absolute Gasteiger partial charge is 0.493 e. The lowest BCUT2D eigenvalue weighted by Gasteiger charge is -2.29. The van der Waals surface area contributed by atoms with Crippen LogP contribution in [-0.2, 0) is 6.42 Å². The minimum absolute atomic E-state index is 0.117. The van der Waals surface area contributed by atoms with Crippen LogP contribution in [0.1, 0.15) is 28.4 Å². The molecule has 2 nitrogen and oxygen atoms in total. The van der Waals surface area contributed by atoms with Gasteiger partial charge < -0.3 is 9.84 Å². The van der Waals surface area contributed by atoms with Gasteiger partial charge in [0.25, 0.3) is 0 Å². The molecule has 2 unspecified atom stereocenters. The van der Waals surface area contributed by atoms with Crippen molar-refractivity contribution >= 4 is 0 Å². The summed E-state index contributed by atoms with van der Waals surface area (Å²) in [7, 11) is 0. The Morgan fingerprint density at radius 2 is 1.80 bits per heavy atom. The SMILES string of the molecule is Cc1cc(C)cc(C(O)C2COc3ccccc3C2)c1. The van der Waals surface area contributed by atoms with Crippen molar-refractivity contribution in [3.05, 3.63) is 64.7 Å². The van der Waals surface area contributed by atoms with E-state index in [2.05, 4.69) is 38.1 Å². The number of aliphatic hydroxyl groups is 1. The van der Waals surface area contributed by atoms with Gasteiger partial charge in [-0.15, -0.1) is 0 Å². The zero-order chi connectivity index (χ0) is 14.1. The maximum Gasteiger partial charge on any atom is 0.122 e. The third kappa shape index (κ3) is 2.56. The van der Waals surface area contributed by atoms with E-state index in [1.807, 2.05) is 18.2 Å². The Balaban J connectivity index is 1.83. The van der Waals surface area contributed by atoms with Crippen LogP contribution < -0.4 is 4.74 Å². The average molecular weight is 268 g/mol. The number of ether oxygens (including phenoxy) is 1. The van der Waals surface area contributed by atoms with Gasteiger partial charge in [0, 0.05) is 5.92 Å². The highest BCUT2D eigenvalue weighted by molar-refractivity contribution is 5.36. The highest BCUT2D eigenvalue weighted by Gasteiger charge is 2.27. The molecule has 1 aliphatic heterocycles. The van der Waals surface area contributed by atoms with Crippen molar-refractivity contribution in [2.24, 2.45) is 5.92 Å². The molecule has 0 aliphatic carbocycles. The molecule has 3 rings (SSSR count). The molecule has 0 fully saturated rings. The molecule has 2 atom stereocenters. The Kier molecular flexibility index (Phi) is 3.49. The maximum atomic E-state index is 10.6. The molecule has 2 heteroatoms. The van der Waals surface area contributed by atoms with Gasteiger partial charge in [-0.2, -0.15) is 0 Å². The van der Waals surface area contributed by atoms with Crippen LogP contribution in [0.25, 0.3) is 0 Å². The van der Waals surface area contributed by atoms with Crippen LogP contribution >= 0.6 is 0 Å². The fourth-order valence-corrected chi connectivity index (χ4v) is 3.01. The molecule has 1 N–H and O–H groups in total. The van der Waals surface area contributed by atoms with Crippen LogP contribution in [0, 0.1) is 19.8 Å². The first-order chi connectivity index (χ1) is 9.63. The van der Waals surface area contributed by atoms with E-state index in [9.17, 15) is 5.11 Å². The summed E-state index contributed by atoms with van der Waals surface area (Å²) in [5.41, 5.74) is 4.56. The first-order valence-corrected chi connectivity index (χ1v) is 7.10. The number of hydrogen-bond acceptors (Lipinski definition) is 2. The summed E-state index contributed by atoms with van der Waals surface area (Å²) in [4.78, 5) is 0. The van der Waals surface area contributed by atoms with Crippen molar-refractivity contribution in [2.75, 3.05) is 6.61 Å². The number of para-hydroxylation sites is 1. The lowest BCUT2D eigenvalue weighted by molar-refractivity contribution is 0.0644. The Hall–Kier alpha value is -1.80. The fraction of sp³-hybridized carbons (Fsp3) is 0.333. The van der Waals surface area contributed by atoms with Crippen molar-refractivity contribution in [1.29, 1.82) is 0 Å². The lowest BCUT2D eigenvalue weighted by atomic mass is 9.87. The van der Waals surface area contributed by atoms with E-state index >= 15 is 0 Å². The van der Waals surface area contributed by atoms with Crippen molar-refractivity contribution in [3.63, 3.8) is 0 Å². The van der Waals surface area contributed by atoms with Gasteiger partial charge in [-0.25, -0.2) is 0 Å². The molecule has 1 heterocycles. The summed E-state index contributed by atoms with van der Waals surface area (Å²) < 4.78 is 5.78. The molecule has 2 aromatic rings. The standard InChI is InChI=1S/C18H20O2/c1-12-7-13(2)9-15(8-12)18(19)16-10-14-5-3-4-6-17(14)20-11-16/h3-9,16,18-19H,10-11H2,1-2H3. The molecule has 0 radical (unpaired) electrons. The van der Waals surface area contributed by atoms with E-state index < -0.39 is 6.10 Å². The van der Waals surface area contributed by atoms with E-state index in [0.717, 1.165) is 17.7 Å². The number of aliphatic hydroxyl groups excluding tert-OH is 1. The van der Waals surface area contributed by atoms with Gasteiger partial charge in [0.1, 0.15) is 5.75 Å². The Morgan fingerprint density at radius 3 is 2.55 bits per heavy atom. The van der Waals surface area contributed by atoms with Crippen LogP contribution in [0.5, 0.6) is 5.75 Å². The highest BCUT2D eigenvalue weighted by atomic mass is 16.5. The monoisotopic (exact) mass is 268 g/mol. The quantitative estimate of drug-likeness (QED) is 0.902. The first-order valence-electron chi connectivity index (χ1n) is 7.10. The molecule has 0 aromatic heterocycles. The molecule has 2 aromatic carbocycles. The maximum absolute atomic E-state index is 10.6. The zero-order valence-corrected chi connectivity index (χ0v) is 12.0. The Labute approximate surface area is 120 Å². The second kappa shape index (κ2) is 5.29. The molecule has 0 spiro atoms. The minimum atomic E-state index is -0.470. The van der Waals surface area contributed by atoms with E-state index in [1.165, 1.54) is 16.7 Å². The molecular formula is C18H20O2. The number of fused-ring (bicyclic) bond motifs is 1. The number of rotatable bonds is 2. The van der Waals surface area contributed by atoms with Crippen molar-refractivity contribution in [3.8, 4) is 5.75 Å². The smallest absolute Gasteiger partial charge is 0.122 e. The van der Waals surface area contributed by atoms with E-state index in [1.54, 1.807) is 0 Å². The molecule has 0 amide bonds. The molecule has 0 saturated heterocycles. The first kappa shape index (κ1) is 13.2. The number of benzene rings is 2. The van der Waals surface area contributed by atoms with Crippen molar-refractivity contribution in [2.45, 2.75) is 26.4 Å². The van der Waals surface area contributed by atoms with Crippen LogP contribution in [0.3, 0.4) is 0 Å². The van der Waals surface area contributed by atoms with E-state index in [0.29, 0.717) is 6.61 Å². The Morgan fingerprint density at radius 1 is 1.10 bits per heavy atom. The normalized spacial score (nSPS) is 19.1. The third-order valence-electron chi connectivity index (χ3n) is 3.94. The molecule has 0 bridgehead atoms. The van der Waals surface area contributed by atoms with Crippen LogP contribution in [-0.4, -0.2) is 11.7 Å². The zero-order valence-electron chi connectivity index (χ0n) is 12.0. The minimum Gasteiger partial charge on any atom is -0.493 e. The summed E-state index contributed by atoms with van der Waals surface area (Å²) in [6.45, 7) is 4.71. The second-order valence-corrected chi connectivity index (χ2v) is 5.75. The molecule has 20 heavy (non-hydrogen) atoms. The number of hydrogen-bond donors (Lipinski definition) is 1. The van der Waals surface area contributed by atoms with Crippen LogP contribution in [0.4, 0.5) is 0 Å². The number of aryl methyl sites for hydroxylation is 2. The lowest BCUT2D eigenvalue weighted by Crippen LogP contribution is -2.26. The van der Waals surface area contributed by atoms with Gasteiger partial charge in [0.05, 0.1) is 12.7 Å². The van der Waals surface area contributed by atoms with Gasteiger partial charge in [-0.3, -0.25) is 0 Å². The Bertz CT molecular complexity index is 598. The summed E-state index contributed by atoms with van der Waals surface area (Å²) in [5, 5.41) is 10.6. The van der Waals surface area contributed by atoms with Crippen molar-refractivity contribution < 1.29 is 9.84 Å². The summed E-state index contributed by atoms with van der Waals surface area (Å²) in [5.74, 6) is 1.07. The van der Waals surface area contributed by atoms with E-state index in [4.69, 9.17) is 4.74 Å². The van der Waals surface area contributed by atoms with E-state index in [-0.39, 0.29) is 5.92 Å². The van der Waals surface area contributed by atoms with Gasteiger partial charge in [-0.05, 0) is 37.5 Å². The van der Waals surface area contributed by atoms with Crippen LogP contribution in [0.2, 0.25) is 0 Å². The molecule has 104 valence electrons. The predicted octanol–water partition coefficient (Wildman–Crippen LogP) is 3.59. The van der Waals surface area contributed by atoms with Gasteiger partial charge >= 0.3 is 0 Å². The highest BCUT2D eigenvalue weighted by Crippen LogP contribution is 2.33. The second-order valence-electron chi connectivity index (χ2n) is 5.75. The van der Waals surface area contributed by atoms with Gasteiger partial charge in [0.2, 0.25) is 0 Å². The summed E-state index contributed by atoms with van der Waals surface area (Å²) in [6.07, 6.45) is 0.395. The topological polar surface area (TPSA) is 29.5 Å². The molecular weight excluding hydrogens is 248 g/mol. The predicted molar refractivity (Wildman–Crippen MR) is 80.0 cm³/mol. The summed E-state index contributed by atoms with van der Waals surface area (Å²) >= 11 is 0. The average Bonchev–Trinajstić information content (AvgIpc) is 2.45. The van der Waals surface area contributed by atoms with Crippen molar-refractivity contribution in [1.82, 2.24) is 0 Å².